The van der Waals surface area contributed by atoms with Gasteiger partial charge in [-0.25, -0.2) is 4.39 Å². The Morgan fingerprint density at radius 1 is 1.29 bits per heavy atom. The monoisotopic (exact) mass is 292 g/mol. The quantitative estimate of drug-likeness (QED) is 0.639. The molecular weight excluding hydrogens is 271 g/mol. The maximum atomic E-state index is 13.8. The standard InChI is InChI=1S/C15H21FN4O/c16-13-6-1-5-12(14(13)18-17)15(21)20-9-3-8-19-7-2-4-11(19)10-20/h1,5-6,11,18H,2-4,7-10,17H2. The van der Waals surface area contributed by atoms with Crippen molar-refractivity contribution in [1.82, 2.24) is 9.80 Å². The molecule has 3 N–H and O–H groups in total. The Morgan fingerprint density at radius 3 is 2.90 bits per heavy atom. The van der Waals surface area contributed by atoms with Gasteiger partial charge in [-0.1, -0.05) is 6.07 Å². The molecule has 1 atom stereocenters. The number of amides is 1. The third-order valence-electron chi connectivity index (χ3n) is 4.48. The lowest BCUT2D eigenvalue weighted by molar-refractivity contribution is 0.0744. The predicted molar refractivity (Wildman–Crippen MR) is 79.3 cm³/mol. The Labute approximate surface area is 123 Å². The van der Waals surface area contributed by atoms with Gasteiger partial charge in [-0.15, -0.1) is 0 Å². The lowest BCUT2D eigenvalue weighted by atomic mass is 10.1. The minimum Gasteiger partial charge on any atom is -0.337 e. The van der Waals surface area contributed by atoms with E-state index in [0.29, 0.717) is 18.2 Å². The molecule has 0 spiro atoms. The highest BCUT2D eigenvalue weighted by atomic mass is 19.1. The molecular formula is C15H21FN4O. The van der Waals surface area contributed by atoms with Crippen molar-refractivity contribution in [2.75, 3.05) is 31.6 Å². The predicted octanol–water partition coefficient (Wildman–Crippen LogP) is 1.42. The van der Waals surface area contributed by atoms with Crippen LogP contribution in [0.2, 0.25) is 0 Å². The van der Waals surface area contributed by atoms with Crippen LogP contribution in [0.25, 0.3) is 0 Å². The van der Waals surface area contributed by atoms with E-state index in [4.69, 9.17) is 5.84 Å². The van der Waals surface area contributed by atoms with Gasteiger partial charge in [-0.3, -0.25) is 15.5 Å². The van der Waals surface area contributed by atoms with Crippen LogP contribution in [0.5, 0.6) is 0 Å². The summed E-state index contributed by atoms with van der Waals surface area (Å²) in [5.74, 6) is 4.72. The van der Waals surface area contributed by atoms with Gasteiger partial charge in [0, 0.05) is 25.7 Å². The molecule has 3 rings (SSSR count). The van der Waals surface area contributed by atoms with Gasteiger partial charge in [-0.2, -0.15) is 0 Å². The molecule has 0 saturated carbocycles. The average Bonchev–Trinajstić information content (AvgIpc) is 2.83. The van der Waals surface area contributed by atoms with Crippen LogP contribution in [0.1, 0.15) is 29.6 Å². The second kappa shape index (κ2) is 5.99. The van der Waals surface area contributed by atoms with E-state index in [1.54, 1.807) is 12.1 Å². The number of fused-ring (bicyclic) bond motifs is 1. The summed E-state index contributed by atoms with van der Waals surface area (Å²) in [6.45, 7) is 3.60. The first-order valence-corrected chi connectivity index (χ1v) is 7.49. The second-order valence-corrected chi connectivity index (χ2v) is 5.74. The van der Waals surface area contributed by atoms with Gasteiger partial charge >= 0.3 is 0 Å². The Kier molecular flexibility index (Phi) is 4.07. The van der Waals surface area contributed by atoms with Gasteiger partial charge in [-0.05, 0) is 37.9 Å². The van der Waals surface area contributed by atoms with E-state index in [9.17, 15) is 9.18 Å². The summed E-state index contributed by atoms with van der Waals surface area (Å²) in [7, 11) is 0. The van der Waals surface area contributed by atoms with E-state index in [2.05, 4.69) is 10.3 Å². The normalized spacial score (nSPS) is 22.8. The van der Waals surface area contributed by atoms with Crippen molar-refractivity contribution in [3.05, 3.63) is 29.6 Å². The maximum absolute atomic E-state index is 13.8. The molecule has 114 valence electrons. The molecule has 2 saturated heterocycles. The summed E-state index contributed by atoms with van der Waals surface area (Å²) < 4.78 is 13.8. The van der Waals surface area contributed by atoms with E-state index in [1.165, 1.54) is 12.5 Å². The van der Waals surface area contributed by atoms with E-state index in [-0.39, 0.29) is 11.6 Å². The van der Waals surface area contributed by atoms with Gasteiger partial charge in [0.15, 0.2) is 0 Å². The SMILES string of the molecule is NNc1c(F)cccc1C(=O)N1CCCN2CCCC2C1. The molecule has 6 heteroatoms. The third-order valence-corrected chi connectivity index (χ3v) is 4.48. The highest BCUT2D eigenvalue weighted by molar-refractivity contribution is 5.99. The summed E-state index contributed by atoms with van der Waals surface area (Å²) in [4.78, 5) is 17.0. The van der Waals surface area contributed by atoms with Gasteiger partial charge in [0.05, 0.1) is 11.3 Å². The summed E-state index contributed by atoms with van der Waals surface area (Å²) in [6.07, 6.45) is 3.29. The number of hydrogen-bond donors (Lipinski definition) is 2. The number of halogens is 1. The Balaban J connectivity index is 1.83. The number of carbonyl (C=O) groups is 1. The van der Waals surface area contributed by atoms with Crippen LogP contribution in [-0.2, 0) is 0 Å². The van der Waals surface area contributed by atoms with E-state index in [1.807, 2.05) is 4.90 Å². The van der Waals surface area contributed by atoms with Crippen molar-refractivity contribution in [1.29, 1.82) is 0 Å². The summed E-state index contributed by atoms with van der Waals surface area (Å²) in [5.41, 5.74) is 2.70. The number of benzene rings is 1. The molecule has 0 aromatic heterocycles. The molecule has 1 amide bonds. The lowest BCUT2D eigenvalue weighted by Gasteiger charge is -2.26. The molecule has 2 heterocycles. The van der Waals surface area contributed by atoms with Crippen molar-refractivity contribution in [3.8, 4) is 0 Å². The van der Waals surface area contributed by atoms with Gasteiger partial charge in [0.2, 0.25) is 0 Å². The van der Waals surface area contributed by atoms with Crippen LogP contribution in [0.3, 0.4) is 0 Å². The molecule has 0 radical (unpaired) electrons. The summed E-state index contributed by atoms with van der Waals surface area (Å²) in [6, 6.07) is 4.91. The zero-order chi connectivity index (χ0) is 14.8. The summed E-state index contributed by atoms with van der Waals surface area (Å²) >= 11 is 0. The molecule has 2 fully saturated rings. The number of nitrogen functional groups attached to an aromatic ring is 1. The fourth-order valence-corrected chi connectivity index (χ4v) is 3.41. The van der Waals surface area contributed by atoms with Crippen molar-refractivity contribution in [3.63, 3.8) is 0 Å². The Morgan fingerprint density at radius 2 is 2.10 bits per heavy atom. The number of hydrazine groups is 1. The molecule has 1 aromatic carbocycles. The van der Waals surface area contributed by atoms with Crippen LogP contribution in [0.15, 0.2) is 18.2 Å². The first kappa shape index (κ1) is 14.3. The fraction of sp³-hybridized carbons (Fsp3) is 0.533. The minimum absolute atomic E-state index is 0.0787. The molecule has 1 unspecified atom stereocenters. The molecule has 1 aromatic rings. The fourth-order valence-electron chi connectivity index (χ4n) is 3.41. The first-order chi connectivity index (χ1) is 10.2. The number of para-hydroxylation sites is 1. The van der Waals surface area contributed by atoms with Crippen LogP contribution in [0.4, 0.5) is 10.1 Å². The number of nitrogens with zero attached hydrogens (tertiary/aromatic N) is 2. The van der Waals surface area contributed by atoms with Crippen molar-refractivity contribution < 1.29 is 9.18 Å². The summed E-state index contributed by atoms with van der Waals surface area (Å²) in [5, 5.41) is 0. The van der Waals surface area contributed by atoms with E-state index in [0.717, 1.165) is 32.5 Å². The van der Waals surface area contributed by atoms with Crippen LogP contribution in [-0.4, -0.2) is 47.9 Å². The Hall–Kier alpha value is -1.66. The zero-order valence-electron chi connectivity index (χ0n) is 12.0. The number of carbonyl (C=O) groups excluding carboxylic acids is 1. The molecule has 21 heavy (non-hydrogen) atoms. The van der Waals surface area contributed by atoms with Gasteiger partial charge < -0.3 is 10.3 Å². The molecule has 2 aliphatic rings. The highest BCUT2D eigenvalue weighted by Crippen LogP contribution is 2.25. The third kappa shape index (κ3) is 2.73. The topological polar surface area (TPSA) is 61.6 Å². The number of hydrogen-bond acceptors (Lipinski definition) is 4. The number of anilines is 1. The van der Waals surface area contributed by atoms with Crippen LogP contribution >= 0.6 is 0 Å². The first-order valence-electron chi connectivity index (χ1n) is 7.49. The van der Waals surface area contributed by atoms with Crippen molar-refractivity contribution >= 4 is 11.6 Å². The minimum atomic E-state index is -0.499. The zero-order valence-corrected chi connectivity index (χ0v) is 12.0. The van der Waals surface area contributed by atoms with E-state index < -0.39 is 5.82 Å². The highest BCUT2D eigenvalue weighted by Gasteiger charge is 2.31. The maximum Gasteiger partial charge on any atom is 0.256 e. The molecule has 2 aliphatic heterocycles. The van der Waals surface area contributed by atoms with Gasteiger partial charge in [0.25, 0.3) is 5.91 Å². The van der Waals surface area contributed by atoms with E-state index >= 15 is 0 Å². The van der Waals surface area contributed by atoms with Crippen molar-refractivity contribution in [2.24, 2.45) is 5.84 Å². The van der Waals surface area contributed by atoms with Crippen molar-refractivity contribution in [2.45, 2.75) is 25.3 Å². The molecule has 0 bridgehead atoms. The number of nitrogens with two attached hydrogens (primary N) is 1. The molecule has 0 aliphatic carbocycles. The van der Waals surface area contributed by atoms with Crippen LogP contribution < -0.4 is 11.3 Å². The average molecular weight is 292 g/mol. The second-order valence-electron chi connectivity index (χ2n) is 5.74. The number of nitrogens with one attached hydrogen (secondary N) is 1. The Bertz CT molecular complexity index is 536. The molecule has 5 nitrogen and oxygen atoms in total. The number of rotatable bonds is 2. The smallest absolute Gasteiger partial charge is 0.256 e. The largest absolute Gasteiger partial charge is 0.337 e. The lowest BCUT2D eigenvalue weighted by Crippen LogP contribution is -2.40. The van der Waals surface area contributed by atoms with Crippen LogP contribution in [0, 0.1) is 5.82 Å². The van der Waals surface area contributed by atoms with Gasteiger partial charge in [0.1, 0.15) is 5.82 Å².